The fraction of sp³-hybridized carbons (Fsp3) is 0.500. The SMILES string of the molecule is CC(CNC(=O)C1CCCN(C(=O)c2ccccc2)C1)CC(=O)O. The summed E-state index contributed by atoms with van der Waals surface area (Å²) in [5, 5.41) is 11.6. The van der Waals surface area contributed by atoms with Crippen LogP contribution in [-0.4, -0.2) is 47.4 Å². The first-order valence-corrected chi connectivity index (χ1v) is 8.31. The molecule has 1 heterocycles. The Kier molecular flexibility index (Phi) is 6.35. The summed E-state index contributed by atoms with van der Waals surface area (Å²) >= 11 is 0. The number of hydrogen-bond donors (Lipinski definition) is 2. The lowest BCUT2D eigenvalue weighted by atomic mass is 9.96. The molecule has 1 aromatic rings. The molecule has 0 bridgehead atoms. The van der Waals surface area contributed by atoms with Crippen LogP contribution in [0, 0.1) is 11.8 Å². The maximum Gasteiger partial charge on any atom is 0.303 e. The second-order valence-corrected chi connectivity index (χ2v) is 6.40. The van der Waals surface area contributed by atoms with Crippen molar-refractivity contribution >= 4 is 17.8 Å². The number of amides is 2. The van der Waals surface area contributed by atoms with Crippen LogP contribution in [0.5, 0.6) is 0 Å². The lowest BCUT2D eigenvalue weighted by molar-refractivity contribution is -0.138. The van der Waals surface area contributed by atoms with Gasteiger partial charge < -0.3 is 15.3 Å². The molecule has 2 atom stereocenters. The van der Waals surface area contributed by atoms with Gasteiger partial charge in [-0.1, -0.05) is 25.1 Å². The number of nitrogens with zero attached hydrogens (tertiary/aromatic N) is 1. The van der Waals surface area contributed by atoms with E-state index in [0.717, 1.165) is 12.8 Å². The Balaban J connectivity index is 1.87. The molecule has 0 aromatic heterocycles. The first kappa shape index (κ1) is 18.0. The normalized spacial score (nSPS) is 18.7. The van der Waals surface area contributed by atoms with E-state index < -0.39 is 5.97 Å². The van der Waals surface area contributed by atoms with Gasteiger partial charge in [-0.05, 0) is 30.9 Å². The number of aliphatic carboxylic acids is 1. The summed E-state index contributed by atoms with van der Waals surface area (Å²) in [6.45, 7) is 3.20. The minimum atomic E-state index is -0.867. The summed E-state index contributed by atoms with van der Waals surface area (Å²) in [6.07, 6.45) is 1.57. The van der Waals surface area contributed by atoms with Crippen molar-refractivity contribution in [3.63, 3.8) is 0 Å². The molecule has 0 aliphatic carbocycles. The first-order chi connectivity index (χ1) is 11.5. The van der Waals surface area contributed by atoms with Crippen LogP contribution in [0.1, 0.15) is 36.5 Å². The number of carbonyl (C=O) groups is 3. The van der Waals surface area contributed by atoms with Gasteiger partial charge in [-0.15, -0.1) is 0 Å². The molecule has 0 spiro atoms. The highest BCUT2D eigenvalue weighted by atomic mass is 16.4. The molecule has 2 rings (SSSR count). The molecule has 1 saturated heterocycles. The van der Waals surface area contributed by atoms with Gasteiger partial charge in [0, 0.05) is 31.6 Å². The Labute approximate surface area is 141 Å². The maximum atomic E-state index is 12.5. The predicted octanol–water partition coefficient (Wildman–Crippen LogP) is 1.77. The Morgan fingerprint density at radius 3 is 2.67 bits per heavy atom. The molecule has 6 nitrogen and oxygen atoms in total. The van der Waals surface area contributed by atoms with Gasteiger partial charge in [0.1, 0.15) is 0 Å². The molecule has 1 aliphatic rings. The van der Waals surface area contributed by atoms with Gasteiger partial charge in [-0.2, -0.15) is 0 Å². The van der Waals surface area contributed by atoms with Gasteiger partial charge >= 0.3 is 5.97 Å². The van der Waals surface area contributed by atoms with Gasteiger partial charge in [-0.3, -0.25) is 14.4 Å². The molecule has 2 amide bonds. The maximum absolute atomic E-state index is 12.5. The van der Waals surface area contributed by atoms with E-state index in [0.29, 0.717) is 25.2 Å². The summed E-state index contributed by atoms with van der Waals surface area (Å²) in [5.41, 5.74) is 0.633. The number of rotatable bonds is 6. The topological polar surface area (TPSA) is 86.7 Å². The van der Waals surface area contributed by atoms with Gasteiger partial charge in [0.15, 0.2) is 0 Å². The number of nitrogens with one attached hydrogen (secondary N) is 1. The third-order valence-electron chi connectivity index (χ3n) is 4.25. The van der Waals surface area contributed by atoms with Crippen molar-refractivity contribution in [1.82, 2.24) is 10.2 Å². The van der Waals surface area contributed by atoms with E-state index >= 15 is 0 Å². The second kappa shape index (κ2) is 8.47. The zero-order valence-corrected chi connectivity index (χ0v) is 13.9. The standard InChI is InChI=1S/C18H24N2O4/c1-13(10-16(21)22)11-19-17(23)15-8-5-9-20(12-15)18(24)14-6-3-2-4-7-14/h2-4,6-7,13,15H,5,8-12H2,1H3,(H,19,23)(H,21,22). The zero-order valence-electron chi connectivity index (χ0n) is 13.9. The van der Waals surface area contributed by atoms with Crippen molar-refractivity contribution in [2.45, 2.75) is 26.2 Å². The Morgan fingerprint density at radius 1 is 1.29 bits per heavy atom. The number of likely N-dealkylation sites (tertiary alicyclic amines) is 1. The van der Waals surface area contributed by atoms with Crippen LogP contribution in [-0.2, 0) is 9.59 Å². The van der Waals surface area contributed by atoms with Crippen molar-refractivity contribution in [3.8, 4) is 0 Å². The van der Waals surface area contributed by atoms with Crippen LogP contribution in [0.15, 0.2) is 30.3 Å². The minimum Gasteiger partial charge on any atom is -0.481 e. The number of carbonyl (C=O) groups excluding carboxylic acids is 2. The van der Waals surface area contributed by atoms with Crippen LogP contribution in [0.3, 0.4) is 0 Å². The Morgan fingerprint density at radius 2 is 2.00 bits per heavy atom. The highest BCUT2D eigenvalue weighted by Crippen LogP contribution is 2.19. The molecule has 24 heavy (non-hydrogen) atoms. The van der Waals surface area contributed by atoms with Crippen molar-refractivity contribution < 1.29 is 19.5 Å². The number of hydrogen-bond acceptors (Lipinski definition) is 3. The lowest BCUT2D eigenvalue weighted by Gasteiger charge is -2.32. The number of piperidine rings is 1. The summed E-state index contributed by atoms with van der Waals surface area (Å²) in [7, 11) is 0. The highest BCUT2D eigenvalue weighted by Gasteiger charge is 2.28. The Hall–Kier alpha value is -2.37. The van der Waals surface area contributed by atoms with Crippen LogP contribution in [0.4, 0.5) is 0 Å². The third-order valence-corrected chi connectivity index (χ3v) is 4.25. The number of carboxylic acid groups (broad SMARTS) is 1. The van der Waals surface area contributed by atoms with E-state index in [1.807, 2.05) is 18.2 Å². The molecular weight excluding hydrogens is 308 g/mol. The quantitative estimate of drug-likeness (QED) is 0.831. The largest absolute Gasteiger partial charge is 0.481 e. The molecule has 2 unspecified atom stereocenters. The van der Waals surface area contributed by atoms with E-state index in [2.05, 4.69) is 5.32 Å². The van der Waals surface area contributed by atoms with Crippen LogP contribution >= 0.6 is 0 Å². The minimum absolute atomic E-state index is 0.0313. The average molecular weight is 332 g/mol. The molecule has 1 aromatic carbocycles. The van der Waals surface area contributed by atoms with Gasteiger partial charge in [0.05, 0.1) is 5.92 Å². The molecule has 1 aliphatic heterocycles. The van der Waals surface area contributed by atoms with Gasteiger partial charge in [0.2, 0.25) is 5.91 Å². The highest BCUT2D eigenvalue weighted by molar-refractivity contribution is 5.94. The van der Waals surface area contributed by atoms with Crippen LogP contribution in [0.2, 0.25) is 0 Å². The average Bonchev–Trinajstić information content (AvgIpc) is 2.59. The fourth-order valence-electron chi connectivity index (χ4n) is 2.93. The molecular formula is C18H24N2O4. The van der Waals surface area contributed by atoms with E-state index in [1.165, 1.54) is 0 Å². The summed E-state index contributed by atoms with van der Waals surface area (Å²) < 4.78 is 0. The van der Waals surface area contributed by atoms with Crippen LogP contribution < -0.4 is 5.32 Å². The summed E-state index contributed by atoms with van der Waals surface area (Å²) in [5.74, 6) is -1.36. The van der Waals surface area contributed by atoms with Crippen molar-refractivity contribution in [3.05, 3.63) is 35.9 Å². The van der Waals surface area contributed by atoms with Gasteiger partial charge in [-0.25, -0.2) is 0 Å². The molecule has 130 valence electrons. The summed E-state index contributed by atoms with van der Waals surface area (Å²) in [6, 6.07) is 9.07. The monoisotopic (exact) mass is 332 g/mol. The number of carboxylic acids is 1. The molecule has 0 radical (unpaired) electrons. The molecule has 2 N–H and O–H groups in total. The Bertz CT molecular complexity index is 588. The zero-order chi connectivity index (χ0) is 17.5. The molecule has 1 fully saturated rings. The first-order valence-electron chi connectivity index (χ1n) is 8.31. The van der Waals surface area contributed by atoms with Crippen LogP contribution in [0.25, 0.3) is 0 Å². The van der Waals surface area contributed by atoms with E-state index in [1.54, 1.807) is 24.0 Å². The van der Waals surface area contributed by atoms with Crippen molar-refractivity contribution in [1.29, 1.82) is 0 Å². The smallest absolute Gasteiger partial charge is 0.303 e. The molecule has 0 saturated carbocycles. The summed E-state index contributed by atoms with van der Waals surface area (Å²) in [4.78, 5) is 37.2. The molecule has 6 heteroatoms. The van der Waals surface area contributed by atoms with Crippen molar-refractivity contribution in [2.24, 2.45) is 11.8 Å². The number of benzene rings is 1. The predicted molar refractivity (Wildman–Crippen MR) is 89.5 cm³/mol. The van der Waals surface area contributed by atoms with E-state index in [9.17, 15) is 14.4 Å². The van der Waals surface area contributed by atoms with Crippen molar-refractivity contribution in [2.75, 3.05) is 19.6 Å². The lowest BCUT2D eigenvalue weighted by Crippen LogP contribution is -2.46. The third kappa shape index (κ3) is 5.08. The van der Waals surface area contributed by atoms with Gasteiger partial charge in [0.25, 0.3) is 5.91 Å². The second-order valence-electron chi connectivity index (χ2n) is 6.40. The fourth-order valence-corrected chi connectivity index (χ4v) is 2.93. The van der Waals surface area contributed by atoms with E-state index in [-0.39, 0.29) is 30.1 Å². The van der Waals surface area contributed by atoms with E-state index in [4.69, 9.17) is 5.11 Å².